The van der Waals surface area contributed by atoms with E-state index in [0.717, 1.165) is 16.7 Å². The number of fused-ring (bicyclic) bond motifs is 1. The van der Waals surface area contributed by atoms with Crippen molar-refractivity contribution in [2.75, 3.05) is 0 Å². The first-order valence-corrected chi connectivity index (χ1v) is 7.11. The highest BCUT2D eigenvalue weighted by Crippen LogP contribution is 2.26. The Hall–Kier alpha value is -3.01. The zero-order chi connectivity index (χ0) is 14.9. The van der Waals surface area contributed by atoms with Crippen LogP contribution in [0.3, 0.4) is 0 Å². The van der Waals surface area contributed by atoms with Crippen LogP contribution in [0.15, 0.2) is 67.0 Å². The quantitative estimate of drug-likeness (QED) is 0.727. The van der Waals surface area contributed by atoms with Crippen molar-refractivity contribution in [3.8, 4) is 11.1 Å². The van der Waals surface area contributed by atoms with Crippen LogP contribution in [0.1, 0.15) is 16.2 Å². The minimum atomic E-state index is -0.0730. The maximum atomic E-state index is 12.4. The smallest absolute Gasteiger partial charge is 0.230 e. The highest BCUT2D eigenvalue weighted by atomic mass is 16.1. The molecule has 0 unspecified atom stereocenters. The summed E-state index contributed by atoms with van der Waals surface area (Å²) in [5, 5.41) is 7.70. The van der Waals surface area contributed by atoms with E-state index in [-0.39, 0.29) is 5.78 Å². The molecule has 4 heteroatoms. The van der Waals surface area contributed by atoms with Crippen LogP contribution in [0.5, 0.6) is 0 Å². The summed E-state index contributed by atoms with van der Waals surface area (Å²) in [6, 6.07) is 18.2. The standard InChI is InChI=1S/C18H13N3O/c22-17-16(10-11-21-12-19-20-18(17)21)15-8-6-14(7-9-15)13-4-2-1-3-5-13/h1-10,12H,11H2. The number of hydrogen-bond acceptors (Lipinski definition) is 3. The van der Waals surface area contributed by atoms with Gasteiger partial charge in [0, 0.05) is 12.1 Å². The Labute approximate surface area is 127 Å². The van der Waals surface area contributed by atoms with Gasteiger partial charge in [0.2, 0.25) is 11.6 Å². The van der Waals surface area contributed by atoms with Gasteiger partial charge in [0.05, 0.1) is 0 Å². The summed E-state index contributed by atoms with van der Waals surface area (Å²) in [4.78, 5) is 12.4. The number of ketones is 1. The van der Waals surface area contributed by atoms with Crippen molar-refractivity contribution in [1.29, 1.82) is 0 Å². The van der Waals surface area contributed by atoms with Gasteiger partial charge in [-0.1, -0.05) is 60.7 Å². The average Bonchev–Trinajstić information content (AvgIpc) is 3.06. The molecule has 0 radical (unpaired) electrons. The van der Waals surface area contributed by atoms with Crippen LogP contribution < -0.4 is 0 Å². The van der Waals surface area contributed by atoms with E-state index >= 15 is 0 Å². The van der Waals surface area contributed by atoms with E-state index in [1.165, 1.54) is 0 Å². The zero-order valence-corrected chi connectivity index (χ0v) is 11.8. The minimum absolute atomic E-state index is 0.0730. The number of carbonyl (C=O) groups is 1. The highest BCUT2D eigenvalue weighted by molar-refractivity contribution is 6.28. The van der Waals surface area contributed by atoms with Crippen molar-refractivity contribution in [3.05, 3.63) is 78.4 Å². The molecule has 1 aliphatic rings. The highest BCUT2D eigenvalue weighted by Gasteiger charge is 2.23. The van der Waals surface area contributed by atoms with Crippen LogP contribution in [0.4, 0.5) is 0 Å². The first-order valence-electron chi connectivity index (χ1n) is 7.11. The van der Waals surface area contributed by atoms with E-state index in [1.54, 1.807) is 10.9 Å². The summed E-state index contributed by atoms with van der Waals surface area (Å²) >= 11 is 0. The van der Waals surface area contributed by atoms with E-state index in [1.807, 2.05) is 48.5 Å². The second-order valence-electron chi connectivity index (χ2n) is 5.20. The summed E-state index contributed by atoms with van der Waals surface area (Å²) in [5.74, 6) is 0.334. The van der Waals surface area contributed by atoms with Crippen LogP contribution in [-0.2, 0) is 6.54 Å². The van der Waals surface area contributed by atoms with Crippen molar-refractivity contribution in [2.45, 2.75) is 6.54 Å². The van der Waals surface area contributed by atoms with Gasteiger partial charge in [0.1, 0.15) is 6.33 Å². The zero-order valence-electron chi connectivity index (χ0n) is 11.8. The molecule has 2 heterocycles. The Balaban J connectivity index is 1.67. The van der Waals surface area contributed by atoms with Crippen molar-refractivity contribution in [2.24, 2.45) is 0 Å². The molecule has 2 aromatic carbocycles. The Morgan fingerprint density at radius 3 is 2.32 bits per heavy atom. The van der Waals surface area contributed by atoms with E-state index in [4.69, 9.17) is 0 Å². The normalized spacial score (nSPS) is 13.6. The summed E-state index contributed by atoms with van der Waals surface area (Å²) in [5.41, 5.74) is 3.91. The second kappa shape index (κ2) is 5.07. The molecule has 0 atom stereocenters. The van der Waals surface area contributed by atoms with Gasteiger partial charge in [-0.2, -0.15) is 0 Å². The van der Waals surface area contributed by atoms with Crippen molar-refractivity contribution < 1.29 is 4.79 Å². The number of benzene rings is 2. The largest absolute Gasteiger partial charge is 0.307 e. The van der Waals surface area contributed by atoms with Crippen molar-refractivity contribution in [3.63, 3.8) is 0 Å². The molecular weight excluding hydrogens is 274 g/mol. The van der Waals surface area contributed by atoms with E-state index < -0.39 is 0 Å². The summed E-state index contributed by atoms with van der Waals surface area (Å²) < 4.78 is 1.75. The molecule has 0 fully saturated rings. The van der Waals surface area contributed by atoms with Crippen LogP contribution in [-0.4, -0.2) is 20.5 Å². The molecule has 0 bridgehead atoms. The van der Waals surface area contributed by atoms with Gasteiger partial charge < -0.3 is 4.57 Å². The van der Waals surface area contributed by atoms with Crippen LogP contribution in [0, 0.1) is 0 Å². The fraction of sp³-hybridized carbons (Fsp3) is 0.0556. The van der Waals surface area contributed by atoms with E-state index in [0.29, 0.717) is 17.9 Å². The van der Waals surface area contributed by atoms with Gasteiger partial charge in [-0.15, -0.1) is 10.2 Å². The minimum Gasteiger partial charge on any atom is -0.307 e. The Morgan fingerprint density at radius 1 is 0.864 bits per heavy atom. The molecule has 0 N–H and O–H groups in total. The fourth-order valence-corrected chi connectivity index (χ4v) is 2.69. The number of hydrogen-bond donors (Lipinski definition) is 0. The summed E-state index contributed by atoms with van der Waals surface area (Å²) in [7, 11) is 0. The average molecular weight is 287 g/mol. The number of Topliss-reactive ketones (excluding diaryl/α,β-unsaturated/α-hetero) is 1. The molecule has 0 saturated heterocycles. The molecule has 0 spiro atoms. The SMILES string of the molecule is O=C1C(c2ccc(-c3ccccc3)cc2)=CCn2cnnc21. The lowest BCUT2D eigenvalue weighted by Gasteiger charge is -2.13. The molecule has 0 amide bonds. The lowest BCUT2D eigenvalue weighted by atomic mass is 9.96. The number of aromatic nitrogens is 3. The number of nitrogens with zero attached hydrogens (tertiary/aromatic N) is 3. The molecule has 3 aromatic rings. The molecule has 106 valence electrons. The van der Waals surface area contributed by atoms with Gasteiger partial charge >= 0.3 is 0 Å². The van der Waals surface area contributed by atoms with Gasteiger partial charge in [-0.3, -0.25) is 4.79 Å². The predicted molar refractivity (Wildman–Crippen MR) is 84.2 cm³/mol. The molecule has 0 aliphatic carbocycles. The Bertz CT molecular complexity index is 861. The van der Waals surface area contributed by atoms with Crippen molar-refractivity contribution >= 4 is 11.4 Å². The third-order valence-electron chi connectivity index (χ3n) is 3.86. The number of carbonyl (C=O) groups excluding carboxylic acids is 1. The summed E-state index contributed by atoms with van der Waals surface area (Å²) in [6.07, 6.45) is 3.51. The van der Waals surface area contributed by atoms with E-state index in [9.17, 15) is 4.79 Å². The first-order chi connectivity index (χ1) is 10.8. The van der Waals surface area contributed by atoms with E-state index in [2.05, 4.69) is 22.3 Å². The van der Waals surface area contributed by atoms with Crippen LogP contribution >= 0.6 is 0 Å². The third kappa shape index (κ3) is 2.05. The fourth-order valence-electron chi connectivity index (χ4n) is 2.69. The lowest BCUT2D eigenvalue weighted by molar-refractivity contribution is 0.104. The molecule has 4 nitrogen and oxygen atoms in total. The molecule has 22 heavy (non-hydrogen) atoms. The molecule has 4 rings (SSSR count). The maximum Gasteiger partial charge on any atom is 0.230 e. The van der Waals surface area contributed by atoms with Gasteiger partial charge in [-0.25, -0.2) is 0 Å². The molecule has 1 aromatic heterocycles. The maximum absolute atomic E-state index is 12.4. The van der Waals surface area contributed by atoms with Crippen LogP contribution in [0.25, 0.3) is 16.7 Å². The van der Waals surface area contributed by atoms with Gasteiger partial charge in [-0.05, 0) is 16.7 Å². The Kier molecular flexibility index (Phi) is 2.93. The monoisotopic (exact) mass is 287 g/mol. The predicted octanol–water partition coefficient (Wildman–Crippen LogP) is 3.23. The topological polar surface area (TPSA) is 47.8 Å². The van der Waals surface area contributed by atoms with Gasteiger partial charge in [0.25, 0.3) is 0 Å². The van der Waals surface area contributed by atoms with Crippen molar-refractivity contribution in [1.82, 2.24) is 14.8 Å². The lowest BCUT2D eigenvalue weighted by Crippen LogP contribution is -2.16. The molecular formula is C18H13N3O. The molecule has 1 aliphatic heterocycles. The molecule has 0 saturated carbocycles. The van der Waals surface area contributed by atoms with Crippen LogP contribution in [0.2, 0.25) is 0 Å². The Morgan fingerprint density at radius 2 is 1.55 bits per heavy atom. The van der Waals surface area contributed by atoms with Gasteiger partial charge in [0.15, 0.2) is 0 Å². The number of rotatable bonds is 2. The summed E-state index contributed by atoms with van der Waals surface area (Å²) in [6.45, 7) is 0.629. The first kappa shape index (κ1) is 12.7. The second-order valence-corrected chi connectivity index (χ2v) is 5.20. The number of allylic oxidation sites excluding steroid dienone is 2. The third-order valence-corrected chi connectivity index (χ3v) is 3.86.